The molecule has 0 unspecified atom stereocenters. The molecule has 0 bridgehead atoms. The molecule has 0 radical (unpaired) electrons. The molecule has 25 heavy (non-hydrogen) atoms. The Morgan fingerprint density at radius 2 is 1.80 bits per heavy atom. The molecule has 2 N–H and O–H groups in total. The number of carbonyl (C=O) groups is 2. The van der Waals surface area contributed by atoms with Gasteiger partial charge in [0.25, 0.3) is 0 Å². The van der Waals surface area contributed by atoms with Crippen molar-refractivity contribution in [1.82, 2.24) is 9.88 Å². The number of amides is 1. The van der Waals surface area contributed by atoms with Crippen LogP contribution < -0.4 is 0 Å². The van der Waals surface area contributed by atoms with Crippen LogP contribution in [0.25, 0.3) is 0 Å². The van der Waals surface area contributed by atoms with Gasteiger partial charge in [0, 0.05) is 25.5 Å². The highest BCUT2D eigenvalue weighted by molar-refractivity contribution is 5.78. The molecule has 1 aromatic carbocycles. The minimum absolute atomic E-state index is 0.0946. The van der Waals surface area contributed by atoms with Crippen LogP contribution in [0.3, 0.4) is 0 Å². The third-order valence-electron chi connectivity index (χ3n) is 3.86. The second-order valence-electron chi connectivity index (χ2n) is 5.52. The molecule has 7 heteroatoms. The van der Waals surface area contributed by atoms with E-state index in [1.54, 1.807) is 36.7 Å². The molecule has 2 aromatic rings. The van der Waals surface area contributed by atoms with Gasteiger partial charge in [0.15, 0.2) is 0 Å². The van der Waals surface area contributed by atoms with Gasteiger partial charge in [-0.2, -0.15) is 0 Å². The molecular weight excluding hydrogens is 324 g/mol. The number of ether oxygens (including phenoxy) is 1. The Morgan fingerprint density at radius 3 is 2.36 bits per heavy atom. The fraction of sp³-hybridized carbons (Fsp3) is 0.278. The van der Waals surface area contributed by atoms with Gasteiger partial charge >= 0.3 is 12.1 Å². The van der Waals surface area contributed by atoms with Crippen LogP contribution >= 0.6 is 0 Å². The zero-order valence-corrected chi connectivity index (χ0v) is 13.8. The van der Waals surface area contributed by atoms with E-state index in [-0.39, 0.29) is 25.3 Å². The molecule has 0 spiro atoms. The molecule has 0 saturated heterocycles. The van der Waals surface area contributed by atoms with E-state index in [9.17, 15) is 19.8 Å². The van der Waals surface area contributed by atoms with E-state index in [0.717, 1.165) is 5.56 Å². The van der Waals surface area contributed by atoms with E-state index >= 15 is 0 Å². The van der Waals surface area contributed by atoms with E-state index in [1.165, 1.54) is 24.1 Å². The molecule has 0 aliphatic rings. The Bertz CT molecular complexity index is 703. The van der Waals surface area contributed by atoms with Crippen LogP contribution in [0.2, 0.25) is 0 Å². The number of hydrogen-bond donors (Lipinski definition) is 2. The third kappa shape index (κ3) is 5.20. The van der Waals surface area contributed by atoms with Gasteiger partial charge in [0.1, 0.15) is 5.75 Å². The molecule has 0 saturated carbocycles. The number of carbonyl (C=O) groups excluding carboxylic acids is 1. The summed E-state index contributed by atoms with van der Waals surface area (Å²) in [5.74, 6) is -0.956. The van der Waals surface area contributed by atoms with Crippen LogP contribution in [0.4, 0.5) is 4.79 Å². The molecule has 2 rings (SSSR count). The number of pyridine rings is 1. The third-order valence-corrected chi connectivity index (χ3v) is 3.86. The van der Waals surface area contributed by atoms with Crippen molar-refractivity contribution >= 4 is 12.1 Å². The Labute approximate surface area is 145 Å². The Hall–Kier alpha value is -3.09. The summed E-state index contributed by atoms with van der Waals surface area (Å²) >= 11 is 0. The number of rotatable bonds is 7. The quantitative estimate of drug-likeness (QED) is 0.749. The number of aromatic nitrogens is 1. The van der Waals surface area contributed by atoms with E-state index in [2.05, 4.69) is 4.98 Å². The van der Waals surface area contributed by atoms with Crippen LogP contribution in [0.15, 0.2) is 48.8 Å². The molecular formula is C18H20N2O5. The molecule has 1 atom stereocenters. The van der Waals surface area contributed by atoms with Crippen molar-refractivity contribution in [2.45, 2.75) is 18.9 Å². The monoisotopic (exact) mass is 344 g/mol. The maximum atomic E-state index is 12.1. The van der Waals surface area contributed by atoms with E-state index in [0.29, 0.717) is 5.56 Å². The van der Waals surface area contributed by atoms with E-state index < -0.39 is 18.0 Å². The summed E-state index contributed by atoms with van der Waals surface area (Å²) in [7, 11) is 1.29. The van der Waals surface area contributed by atoms with Crippen molar-refractivity contribution in [3.63, 3.8) is 0 Å². The van der Waals surface area contributed by atoms with Crippen LogP contribution in [-0.4, -0.2) is 45.8 Å². The standard InChI is InChI=1S/C18H20N2O5/c1-25-17(22)16(14-2-4-15(21)5-3-14)8-11-20(18(23)24)12-13-6-9-19-10-7-13/h2-7,9-10,16,21H,8,11-12H2,1H3,(H,23,24)/t16-/m0/s1. The van der Waals surface area contributed by atoms with Gasteiger partial charge in [-0.05, 0) is 41.8 Å². The highest BCUT2D eigenvalue weighted by atomic mass is 16.5. The highest BCUT2D eigenvalue weighted by Crippen LogP contribution is 2.24. The summed E-state index contributed by atoms with van der Waals surface area (Å²) in [6.07, 6.45) is 2.41. The Balaban J connectivity index is 2.10. The predicted molar refractivity (Wildman–Crippen MR) is 90.2 cm³/mol. The average molecular weight is 344 g/mol. The van der Waals surface area contributed by atoms with Crippen molar-refractivity contribution in [3.8, 4) is 5.75 Å². The zero-order chi connectivity index (χ0) is 18.2. The van der Waals surface area contributed by atoms with Gasteiger partial charge in [-0.15, -0.1) is 0 Å². The van der Waals surface area contributed by atoms with Crippen molar-refractivity contribution in [2.75, 3.05) is 13.7 Å². The van der Waals surface area contributed by atoms with Gasteiger partial charge in [-0.1, -0.05) is 12.1 Å². The average Bonchev–Trinajstić information content (AvgIpc) is 2.62. The number of nitrogens with zero attached hydrogens (tertiary/aromatic N) is 2. The van der Waals surface area contributed by atoms with Crippen molar-refractivity contribution in [2.24, 2.45) is 0 Å². The molecule has 0 aliphatic carbocycles. The van der Waals surface area contributed by atoms with Crippen LogP contribution in [0, 0.1) is 0 Å². The first-order chi connectivity index (χ1) is 12.0. The number of hydrogen-bond acceptors (Lipinski definition) is 5. The maximum Gasteiger partial charge on any atom is 0.407 e. The lowest BCUT2D eigenvalue weighted by atomic mass is 9.95. The number of esters is 1. The number of aromatic hydroxyl groups is 1. The van der Waals surface area contributed by atoms with Gasteiger partial charge < -0.3 is 19.8 Å². The van der Waals surface area contributed by atoms with Crippen molar-refractivity contribution in [1.29, 1.82) is 0 Å². The summed E-state index contributed by atoms with van der Waals surface area (Å²) in [6.45, 7) is 0.375. The topological polar surface area (TPSA) is 100.0 Å². The summed E-state index contributed by atoms with van der Waals surface area (Å²) < 4.78 is 4.83. The van der Waals surface area contributed by atoms with Gasteiger partial charge in [-0.3, -0.25) is 9.78 Å². The zero-order valence-electron chi connectivity index (χ0n) is 13.8. The molecule has 0 fully saturated rings. The van der Waals surface area contributed by atoms with Crippen LogP contribution in [0.1, 0.15) is 23.5 Å². The summed E-state index contributed by atoms with van der Waals surface area (Å²) in [5, 5.41) is 18.8. The van der Waals surface area contributed by atoms with Gasteiger partial charge in [-0.25, -0.2) is 4.79 Å². The normalized spacial score (nSPS) is 11.6. The molecule has 7 nitrogen and oxygen atoms in total. The Morgan fingerprint density at radius 1 is 1.16 bits per heavy atom. The SMILES string of the molecule is COC(=O)[C@@H](CCN(Cc1ccncc1)C(=O)O)c1ccc(O)cc1. The van der Waals surface area contributed by atoms with Crippen LogP contribution in [-0.2, 0) is 16.1 Å². The second kappa shape index (κ2) is 8.68. The van der Waals surface area contributed by atoms with Crippen LogP contribution in [0.5, 0.6) is 5.75 Å². The smallest absolute Gasteiger partial charge is 0.407 e. The maximum absolute atomic E-state index is 12.1. The predicted octanol–water partition coefficient (Wildman–Crippen LogP) is 2.61. The first kappa shape index (κ1) is 18.3. The largest absolute Gasteiger partial charge is 0.508 e. The summed E-state index contributed by atoms with van der Waals surface area (Å²) in [4.78, 5) is 28.7. The minimum atomic E-state index is -1.06. The van der Waals surface area contributed by atoms with E-state index in [4.69, 9.17) is 4.74 Å². The molecule has 1 amide bonds. The second-order valence-corrected chi connectivity index (χ2v) is 5.52. The molecule has 0 aliphatic heterocycles. The number of phenolic OH excluding ortho intramolecular Hbond substituents is 1. The number of methoxy groups -OCH3 is 1. The van der Waals surface area contributed by atoms with E-state index in [1.807, 2.05) is 0 Å². The lowest BCUT2D eigenvalue weighted by molar-refractivity contribution is -0.142. The number of carboxylic acid groups (broad SMARTS) is 1. The number of benzene rings is 1. The first-order valence-electron chi connectivity index (χ1n) is 7.74. The fourth-order valence-electron chi connectivity index (χ4n) is 2.51. The Kier molecular flexibility index (Phi) is 6.33. The molecule has 1 aromatic heterocycles. The molecule has 1 heterocycles. The lowest BCUT2D eigenvalue weighted by Gasteiger charge is -2.22. The highest BCUT2D eigenvalue weighted by Gasteiger charge is 2.24. The van der Waals surface area contributed by atoms with Crippen molar-refractivity contribution < 1.29 is 24.5 Å². The fourth-order valence-corrected chi connectivity index (χ4v) is 2.51. The first-order valence-corrected chi connectivity index (χ1v) is 7.74. The summed E-state index contributed by atoms with van der Waals surface area (Å²) in [5.41, 5.74) is 1.48. The number of phenols is 1. The van der Waals surface area contributed by atoms with Gasteiger partial charge in [0.2, 0.25) is 0 Å². The summed E-state index contributed by atoms with van der Waals surface area (Å²) in [6, 6.07) is 9.71. The van der Waals surface area contributed by atoms with Gasteiger partial charge in [0.05, 0.1) is 13.0 Å². The lowest BCUT2D eigenvalue weighted by Crippen LogP contribution is -2.32. The molecule has 132 valence electrons. The van der Waals surface area contributed by atoms with Crippen molar-refractivity contribution in [3.05, 3.63) is 59.9 Å². The minimum Gasteiger partial charge on any atom is -0.508 e.